The second-order valence-electron chi connectivity index (χ2n) is 6.38. The zero-order valence-corrected chi connectivity index (χ0v) is 15.1. The summed E-state index contributed by atoms with van der Waals surface area (Å²) in [5, 5.41) is 14.7. The van der Waals surface area contributed by atoms with Gasteiger partial charge in [-0.2, -0.15) is 18.3 Å². The van der Waals surface area contributed by atoms with Gasteiger partial charge in [-0.1, -0.05) is 30.3 Å². The second kappa shape index (κ2) is 7.10. The van der Waals surface area contributed by atoms with Crippen molar-refractivity contribution in [2.24, 2.45) is 0 Å². The molecule has 4 aromatic rings. The van der Waals surface area contributed by atoms with Gasteiger partial charge in [-0.3, -0.25) is 19.5 Å². The Morgan fingerprint density at radius 1 is 1.03 bits per heavy atom. The summed E-state index contributed by atoms with van der Waals surface area (Å²) in [6, 6.07) is 13.3. The molecule has 0 fully saturated rings. The lowest BCUT2D eigenvalue weighted by Gasteiger charge is -2.15. The van der Waals surface area contributed by atoms with E-state index in [0.717, 1.165) is 12.1 Å². The standard InChI is InChI=1S/C19H12F3N5O3/c20-19(21,22)18-24-16-15(10-23-26(16)13-4-2-1-3-5-13)17(28)25(18)11-12-6-8-14(9-7-12)27(29)30/h1-10H,11H2. The van der Waals surface area contributed by atoms with E-state index in [1.165, 1.54) is 23.0 Å². The highest BCUT2D eigenvalue weighted by Gasteiger charge is 2.38. The molecular formula is C19H12F3N5O3. The van der Waals surface area contributed by atoms with E-state index in [4.69, 9.17) is 0 Å². The average molecular weight is 415 g/mol. The van der Waals surface area contributed by atoms with Gasteiger partial charge in [-0.25, -0.2) is 9.67 Å². The largest absolute Gasteiger partial charge is 0.449 e. The smallest absolute Gasteiger partial charge is 0.284 e. The molecule has 2 aromatic heterocycles. The Kier molecular flexibility index (Phi) is 4.57. The highest BCUT2D eigenvalue weighted by Crippen LogP contribution is 2.29. The lowest BCUT2D eigenvalue weighted by Crippen LogP contribution is -2.30. The number of nitro benzene ring substituents is 1. The molecule has 8 nitrogen and oxygen atoms in total. The van der Waals surface area contributed by atoms with Crippen LogP contribution in [-0.2, 0) is 12.7 Å². The molecule has 0 spiro atoms. The minimum atomic E-state index is -4.90. The van der Waals surface area contributed by atoms with Crippen LogP contribution in [0.15, 0.2) is 65.6 Å². The molecule has 0 bridgehead atoms. The van der Waals surface area contributed by atoms with Crippen molar-refractivity contribution in [3.8, 4) is 5.69 Å². The van der Waals surface area contributed by atoms with Crippen molar-refractivity contribution >= 4 is 16.7 Å². The quantitative estimate of drug-likeness (QED) is 0.375. The maximum atomic E-state index is 13.7. The number of non-ortho nitro benzene ring substituents is 1. The molecule has 0 saturated heterocycles. The predicted molar refractivity (Wildman–Crippen MR) is 100 cm³/mol. The lowest BCUT2D eigenvalue weighted by atomic mass is 10.2. The van der Waals surface area contributed by atoms with Crippen LogP contribution in [-0.4, -0.2) is 24.3 Å². The van der Waals surface area contributed by atoms with Gasteiger partial charge < -0.3 is 0 Å². The molecule has 0 aliphatic heterocycles. The Bertz CT molecular complexity index is 1300. The van der Waals surface area contributed by atoms with Crippen LogP contribution in [0.4, 0.5) is 18.9 Å². The van der Waals surface area contributed by atoms with E-state index in [-0.39, 0.29) is 22.3 Å². The molecule has 0 saturated carbocycles. The summed E-state index contributed by atoms with van der Waals surface area (Å²) in [6.07, 6.45) is -3.73. The summed E-state index contributed by atoms with van der Waals surface area (Å²) in [6.45, 7) is -0.453. The van der Waals surface area contributed by atoms with Gasteiger partial charge in [0.05, 0.1) is 23.4 Å². The molecule has 4 rings (SSSR count). The van der Waals surface area contributed by atoms with E-state index >= 15 is 0 Å². The number of benzene rings is 2. The Hall–Kier alpha value is -4.02. The van der Waals surface area contributed by atoms with Crippen LogP contribution < -0.4 is 5.56 Å². The van der Waals surface area contributed by atoms with Gasteiger partial charge in [0, 0.05) is 12.1 Å². The fraction of sp³-hybridized carbons (Fsp3) is 0.105. The van der Waals surface area contributed by atoms with Gasteiger partial charge in [0.15, 0.2) is 5.65 Å². The van der Waals surface area contributed by atoms with Crippen LogP contribution in [0.2, 0.25) is 0 Å². The molecular weight excluding hydrogens is 403 g/mol. The minimum Gasteiger partial charge on any atom is -0.284 e. The van der Waals surface area contributed by atoms with Crippen LogP contribution >= 0.6 is 0 Å². The van der Waals surface area contributed by atoms with Crippen LogP contribution in [0.5, 0.6) is 0 Å². The van der Waals surface area contributed by atoms with Crippen molar-refractivity contribution in [2.45, 2.75) is 12.7 Å². The molecule has 0 aliphatic carbocycles. The fourth-order valence-electron chi connectivity index (χ4n) is 3.03. The first-order valence-electron chi connectivity index (χ1n) is 8.60. The first kappa shape index (κ1) is 19.3. The summed E-state index contributed by atoms with van der Waals surface area (Å²) in [5.74, 6) is -1.38. The normalized spacial score (nSPS) is 11.7. The summed E-state index contributed by atoms with van der Waals surface area (Å²) >= 11 is 0. The van der Waals surface area contributed by atoms with Crippen molar-refractivity contribution < 1.29 is 18.1 Å². The molecule has 2 aromatic carbocycles. The van der Waals surface area contributed by atoms with Gasteiger partial charge in [0.25, 0.3) is 11.2 Å². The lowest BCUT2D eigenvalue weighted by molar-refractivity contribution is -0.384. The monoisotopic (exact) mass is 415 g/mol. The zero-order valence-electron chi connectivity index (χ0n) is 15.1. The van der Waals surface area contributed by atoms with Crippen LogP contribution in [0.3, 0.4) is 0 Å². The molecule has 0 atom stereocenters. The molecule has 2 heterocycles. The Morgan fingerprint density at radius 2 is 1.70 bits per heavy atom. The van der Waals surface area contributed by atoms with Gasteiger partial charge in [0.1, 0.15) is 5.39 Å². The highest BCUT2D eigenvalue weighted by atomic mass is 19.4. The zero-order chi connectivity index (χ0) is 21.5. The van der Waals surface area contributed by atoms with Crippen LogP contribution in [0, 0.1) is 10.1 Å². The summed E-state index contributed by atoms with van der Waals surface area (Å²) in [4.78, 5) is 26.7. The minimum absolute atomic E-state index is 0.0752. The SMILES string of the molecule is O=c1c2cnn(-c3ccccc3)c2nc(C(F)(F)F)n1Cc1ccc([N+](=O)[O-])cc1. The third-order valence-electron chi connectivity index (χ3n) is 4.43. The number of para-hydroxylation sites is 1. The van der Waals surface area contributed by atoms with E-state index in [0.29, 0.717) is 10.3 Å². The number of alkyl halides is 3. The molecule has 0 amide bonds. The maximum Gasteiger partial charge on any atom is 0.449 e. The van der Waals surface area contributed by atoms with Gasteiger partial charge >= 0.3 is 6.18 Å². The Balaban J connectivity index is 1.88. The maximum absolute atomic E-state index is 13.7. The summed E-state index contributed by atoms with van der Waals surface area (Å²) in [5.41, 5.74) is -0.586. The molecule has 0 radical (unpaired) electrons. The average Bonchev–Trinajstić information content (AvgIpc) is 3.14. The van der Waals surface area contributed by atoms with E-state index in [1.807, 2.05) is 0 Å². The summed E-state index contributed by atoms with van der Waals surface area (Å²) in [7, 11) is 0. The van der Waals surface area contributed by atoms with E-state index in [2.05, 4.69) is 10.1 Å². The van der Waals surface area contributed by atoms with Crippen molar-refractivity contribution in [1.29, 1.82) is 0 Å². The fourth-order valence-corrected chi connectivity index (χ4v) is 3.03. The van der Waals surface area contributed by atoms with Gasteiger partial charge in [0.2, 0.25) is 5.82 Å². The van der Waals surface area contributed by atoms with E-state index in [9.17, 15) is 28.1 Å². The first-order valence-corrected chi connectivity index (χ1v) is 8.60. The molecule has 0 N–H and O–H groups in total. The number of hydrogen-bond donors (Lipinski definition) is 0. The van der Waals surface area contributed by atoms with Gasteiger partial charge in [-0.15, -0.1) is 0 Å². The number of hydrogen-bond acceptors (Lipinski definition) is 5. The number of rotatable bonds is 4. The second-order valence-corrected chi connectivity index (χ2v) is 6.38. The topological polar surface area (TPSA) is 95.8 Å². The number of nitro groups is 1. The Labute approximate surface area is 166 Å². The number of nitrogens with zero attached hydrogens (tertiary/aromatic N) is 5. The highest BCUT2D eigenvalue weighted by molar-refractivity contribution is 5.75. The number of halogens is 3. The predicted octanol–water partition coefficient (Wildman–Crippen LogP) is 3.56. The Morgan fingerprint density at radius 3 is 2.30 bits per heavy atom. The van der Waals surface area contributed by atoms with Crippen molar-refractivity contribution in [2.75, 3.05) is 0 Å². The number of fused-ring (bicyclic) bond motifs is 1. The van der Waals surface area contributed by atoms with E-state index in [1.54, 1.807) is 30.3 Å². The van der Waals surface area contributed by atoms with Crippen LogP contribution in [0.25, 0.3) is 16.7 Å². The van der Waals surface area contributed by atoms with Crippen LogP contribution in [0.1, 0.15) is 11.4 Å². The van der Waals surface area contributed by atoms with Crippen molar-refractivity contribution in [3.05, 3.63) is 92.7 Å². The third-order valence-corrected chi connectivity index (χ3v) is 4.43. The molecule has 0 aliphatic rings. The third kappa shape index (κ3) is 3.41. The number of aromatic nitrogens is 4. The van der Waals surface area contributed by atoms with Gasteiger partial charge in [-0.05, 0) is 17.7 Å². The first-order chi connectivity index (χ1) is 14.3. The molecule has 0 unspecified atom stereocenters. The van der Waals surface area contributed by atoms with E-state index < -0.39 is 29.0 Å². The van der Waals surface area contributed by atoms with Crippen molar-refractivity contribution in [3.63, 3.8) is 0 Å². The summed E-state index contributed by atoms with van der Waals surface area (Å²) < 4.78 is 42.9. The van der Waals surface area contributed by atoms with Crippen molar-refractivity contribution in [1.82, 2.24) is 19.3 Å². The molecule has 152 valence electrons. The molecule has 11 heteroatoms. The molecule has 30 heavy (non-hydrogen) atoms.